The number of benzene rings is 1. The van der Waals surface area contributed by atoms with Crippen molar-refractivity contribution in [3.63, 3.8) is 0 Å². The molecule has 0 aliphatic rings. The van der Waals surface area contributed by atoms with E-state index in [1.165, 1.54) is 0 Å². The number of hydrogen-bond donors (Lipinski definition) is 2. The van der Waals surface area contributed by atoms with Crippen molar-refractivity contribution in [3.05, 3.63) is 29.3 Å². The Morgan fingerprint density at radius 3 is 2.08 bits per heavy atom. The van der Waals surface area contributed by atoms with Gasteiger partial charge in [0.15, 0.2) is 0 Å². The fraction of sp³-hybridized carbons (Fsp3) is 0.250. The van der Waals surface area contributed by atoms with Gasteiger partial charge in [-0.3, -0.25) is 0 Å². The van der Waals surface area contributed by atoms with Crippen LogP contribution in [-0.2, 0) is 0 Å². The maximum atomic E-state index is 8.65. The van der Waals surface area contributed by atoms with Gasteiger partial charge in [-0.25, -0.2) is 0 Å². The summed E-state index contributed by atoms with van der Waals surface area (Å²) in [5, 5.41) is 0. The van der Waals surface area contributed by atoms with Crippen LogP contribution in [0.25, 0.3) is 0 Å². The van der Waals surface area contributed by atoms with Crippen molar-refractivity contribution >= 4 is 8.60 Å². The average Bonchev–Trinajstić information content (AvgIpc) is 1.97. The summed E-state index contributed by atoms with van der Waals surface area (Å²) >= 11 is 0. The number of aryl methyl sites for hydroxylation is 2. The molecule has 4 heteroatoms. The Hall–Kier alpha value is -0.630. The number of para-hydroxylation sites is 1. The molecule has 0 fully saturated rings. The second-order valence-electron chi connectivity index (χ2n) is 2.56. The molecular formula is C8H11O3P. The van der Waals surface area contributed by atoms with Crippen LogP contribution < -0.4 is 4.52 Å². The molecule has 0 spiro atoms. The molecule has 1 aromatic carbocycles. The Morgan fingerprint density at radius 2 is 1.67 bits per heavy atom. The van der Waals surface area contributed by atoms with Crippen molar-refractivity contribution in [3.8, 4) is 5.75 Å². The van der Waals surface area contributed by atoms with Crippen LogP contribution in [0.4, 0.5) is 0 Å². The number of hydrogen-bond acceptors (Lipinski definition) is 3. The van der Waals surface area contributed by atoms with Crippen LogP contribution in [0.2, 0.25) is 0 Å². The van der Waals surface area contributed by atoms with Gasteiger partial charge in [-0.15, -0.1) is 0 Å². The highest BCUT2D eigenvalue weighted by molar-refractivity contribution is 7.39. The normalized spacial score (nSPS) is 10.4. The van der Waals surface area contributed by atoms with Crippen molar-refractivity contribution in [1.29, 1.82) is 0 Å². The number of rotatable bonds is 2. The molecule has 0 bridgehead atoms. The van der Waals surface area contributed by atoms with Gasteiger partial charge in [-0.05, 0) is 25.0 Å². The Morgan fingerprint density at radius 1 is 1.17 bits per heavy atom. The van der Waals surface area contributed by atoms with Gasteiger partial charge < -0.3 is 14.3 Å². The van der Waals surface area contributed by atoms with Crippen molar-refractivity contribution < 1.29 is 14.3 Å². The van der Waals surface area contributed by atoms with Gasteiger partial charge >= 0.3 is 8.60 Å². The summed E-state index contributed by atoms with van der Waals surface area (Å²) in [7, 11) is -2.31. The zero-order valence-corrected chi connectivity index (χ0v) is 7.88. The third kappa shape index (κ3) is 2.18. The largest absolute Gasteiger partial charge is 0.426 e. The van der Waals surface area contributed by atoms with Crippen molar-refractivity contribution in [2.75, 3.05) is 0 Å². The third-order valence-corrected chi connectivity index (χ3v) is 1.93. The predicted octanol–water partition coefficient (Wildman–Crippen LogP) is 1.89. The molecule has 66 valence electrons. The van der Waals surface area contributed by atoms with Crippen molar-refractivity contribution in [2.24, 2.45) is 0 Å². The van der Waals surface area contributed by atoms with Gasteiger partial charge in [0.1, 0.15) is 5.75 Å². The SMILES string of the molecule is Cc1cccc(C)c1OP(O)O. The lowest BCUT2D eigenvalue weighted by Gasteiger charge is -2.10. The van der Waals surface area contributed by atoms with E-state index in [0.717, 1.165) is 11.1 Å². The Kier molecular flexibility index (Phi) is 3.04. The van der Waals surface area contributed by atoms with E-state index in [0.29, 0.717) is 5.75 Å². The van der Waals surface area contributed by atoms with Gasteiger partial charge in [0.25, 0.3) is 0 Å². The summed E-state index contributed by atoms with van der Waals surface area (Å²) in [6, 6.07) is 5.62. The van der Waals surface area contributed by atoms with Crippen LogP contribution in [0.1, 0.15) is 11.1 Å². The smallest absolute Gasteiger partial charge is 0.391 e. The molecule has 0 aliphatic heterocycles. The average molecular weight is 186 g/mol. The molecule has 0 radical (unpaired) electrons. The van der Waals surface area contributed by atoms with Crippen LogP contribution in [0.3, 0.4) is 0 Å². The van der Waals surface area contributed by atoms with E-state index in [1.807, 2.05) is 32.0 Å². The standard InChI is InChI=1S/C8H11O3P/c1-6-4-3-5-7(2)8(6)11-12(9)10/h3-5,9-10H,1-2H3. The van der Waals surface area contributed by atoms with E-state index < -0.39 is 8.60 Å². The molecular weight excluding hydrogens is 175 g/mol. The zero-order valence-electron chi connectivity index (χ0n) is 6.98. The molecule has 3 nitrogen and oxygen atoms in total. The van der Waals surface area contributed by atoms with Crippen LogP contribution >= 0.6 is 8.60 Å². The second-order valence-corrected chi connectivity index (χ2v) is 3.25. The van der Waals surface area contributed by atoms with Crippen molar-refractivity contribution in [2.45, 2.75) is 13.8 Å². The minimum atomic E-state index is -2.31. The lowest BCUT2D eigenvalue weighted by Crippen LogP contribution is -1.90. The first-order valence-corrected chi connectivity index (χ1v) is 4.70. The summed E-state index contributed by atoms with van der Waals surface area (Å²) in [4.78, 5) is 17.3. The maximum Gasteiger partial charge on any atom is 0.391 e. The fourth-order valence-corrected chi connectivity index (χ4v) is 1.48. The summed E-state index contributed by atoms with van der Waals surface area (Å²) in [6.45, 7) is 3.72. The fourth-order valence-electron chi connectivity index (χ4n) is 1.02. The highest BCUT2D eigenvalue weighted by Crippen LogP contribution is 2.33. The summed E-state index contributed by atoms with van der Waals surface area (Å²) < 4.78 is 4.85. The zero-order chi connectivity index (χ0) is 9.14. The third-order valence-electron chi connectivity index (χ3n) is 1.58. The molecule has 0 aliphatic carbocycles. The first-order valence-electron chi connectivity index (χ1n) is 3.53. The topological polar surface area (TPSA) is 49.7 Å². The lowest BCUT2D eigenvalue weighted by atomic mass is 10.1. The van der Waals surface area contributed by atoms with Crippen LogP contribution in [0, 0.1) is 13.8 Å². The van der Waals surface area contributed by atoms with E-state index >= 15 is 0 Å². The first-order chi connectivity index (χ1) is 5.61. The molecule has 1 aromatic rings. The second kappa shape index (κ2) is 3.85. The molecule has 0 atom stereocenters. The quantitative estimate of drug-likeness (QED) is 0.693. The molecule has 0 aromatic heterocycles. The summed E-state index contributed by atoms with van der Waals surface area (Å²) in [5.74, 6) is 0.564. The Balaban J connectivity index is 2.96. The maximum absolute atomic E-state index is 8.65. The molecule has 0 saturated carbocycles. The van der Waals surface area contributed by atoms with Gasteiger partial charge in [-0.2, -0.15) is 0 Å². The monoisotopic (exact) mass is 186 g/mol. The minimum absolute atomic E-state index is 0.564. The van der Waals surface area contributed by atoms with Crippen LogP contribution in [0.5, 0.6) is 5.75 Å². The molecule has 0 unspecified atom stereocenters. The van der Waals surface area contributed by atoms with Crippen LogP contribution in [-0.4, -0.2) is 9.79 Å². The lowest BCUT2D eigenvalue weighted by molar-refractivity contribution is 0.373. The van der Waals surface area contributed by atoms with E-state index in [9.17, 15) is 0 Å². The first kappa shape index (κ1) is 9.46. The van der Waals surface area contributed by atoms with Crippen LogP contribution in [0.15, 0.2) is 18.2 Å². The van der Waals surface area contributed by atoms with E-state index in [4.69, 9.17) is 14.3 Å². The van der Waals surface area contributed by atoms with Gasteiger partial charge in [-0.1, -0.05) is 18.2 Å². The molecule has 0 amide bonds. The Bertz CT molecular complexity index is 253. The highest BCUT2D eigenvalue weighted by Gasteiger charge is 2.07. The van der Waals surface area contributed by atoms with Gasteiger partial charge in [0.2, 0.25) is 0 Å². The Labute approximate surface area is 72.6 Å². The molecule has 2 N–H and O–H groups in total. The summed E-state index contributed by atoms with van der Waals surface area (Å²) in [6.07, 6.45) is 0. The van der Waals surface area contributed by atoms with Gasteiger partial charge in [0.05, 0.1) is 0 Å². The van der Waals surface area contributed by atoms with E-state index in [2.05, 4.69) is 0 Å². The van der Waals surface area contributed by atoms with E-state index in [-0.39, 0.29) is 0 Å². The van der Waals surface area contributed by atoms with Gasteiger partial charge in [0, 0.05) is 0 Å². The molecule has 0 saturated heterocycles. The minimum Gasteiger partial charge on any atom is -0.426 e. The highest BCUT2D eigenvalue weighted by atomic mass is 31.2. The predicted molar refractivity (Wildman–Crippen MR) is 47.9 cm³/mol. The molecule has 0 heterocycles. The molecule has 12 heavy (non-hydrogen) atoms. The van der Waals surface area contributed by atoms with E-state index in [1.54, 1.807) is 0 Å². The molecule has 1 rings (SSSR count). The van der Waals surface area contributed by atoms with Crippen molar-refractivity contribution in [1.82, 2.24) is 0 Å². The summed E-state index contributed by atoms with van der Waals surface area (Å²) in [5.41, 5.74) is 1.82.